The second kappa shape index (κ2) is 12.7. The van der Waals surface area contributed by atoms with Gasteiger partial charge in [-0.2, -0.15) is 0 Å². The number of nitrogens with one attached hydrogen (secondary N) is 2. The average Bonchev–Trinajstić information content (AvgIpc) is 3.39. The minimum Gasteiger partial charge on any atom is -0.359 e. The van der Waals surface area contributed by atoms with Crippen LogP contribution >= 0.6 is 24.0 Å². The third kappa shape index (κ3) is 6.95. The van der Waals surface area contributed by atoms with Gasteiger partial charge < -0.3 is 20.1 Å². The molecule has 170 valence electrons. The van der Waals surface area contributed by atoms with E-state index in [0.717, 1.165) is 42.8 Å². The fraction of sp³-hybridized carbons (Fsp3) is 0.522. The lowest BCUT2D eigenvalue weighted by molar-refractivity contribution is -0.128. The summed E-state index contributed by atoms with van der Waals surface area (Å²) in [5, 5.41) is 10.9. The summed E-state index contributed by atoms with van der Waals surface area (Å²) < 4.78 is 5.48. The zero-order valence-corrected chi connectivity index (χ0v) is 21.0. The summed E-state index contributed by atoms with van der Waals surface area (Å²) in [5.41, 5.74) is 3.35. The van der Waals surface area contributed by atoms with E-state index in [1.54, 1.807) is 7.05 Å². The molecule has 0 saturated carbocycles. The van der Waals surface area contributed by atoms with Gasteiger partial charge >= 0.3 is 0 Å². The molecule has 1 aromatic carbocycles. The van der Waals surface area contributed by atoms with Crippen LogP contribution in [0.3, 0.4) is 0 Å². The second-order valence-corrected chi connectivity index (χ2v) is 7.70. The Hall–Kier alpha value is -2.10. The van der Waals surface area contributed by atoms with E-state index in [1.165, 1.54) is 5.56 Å². The number of nitrogens with zero attached hydrogens (tertiary/aromatic N) is 3. The van der Waals surface area contributed by atoms with Gasteiger partial charge in [0, 0.05) is 45.1 Å². The Morgan fingerprint density at radius 2 is 1.90 bits per heavy atom. The number of hydrogen-bond acceptors (Lipinski definition) is 4. The van der Waals surface area contributed by atoms with Crippen LogP contribution in [-0.4, -0.2) is 35.5 Å². The summed E-state index contributed by atoms with van der Waals surface area (Å²) in [4.78, 5) is 18.2. The van der Waals surface area contributed by atoms with Crippen molar-refractivity contribution >= 4 is 35.8 Å². The Labute approximate surface area is 202 Å². The van der Waals surface area contributed by atoms with Crippen molar-refractivity contribution in [3.8, 4) is 0 Å². The Bertz CT molecular complexity index is 863. The molecule has 3 rings (SSSR count). The van der Waals surface area contributed by atoms with Crippen LogP contribution in [0.5, 0.6) is 0 Å². The highest BCUT2D eigenvalue weighted by Crippen LogP contribution is 2.22. The number of aliphatic imine (C=N–C) groups is 1. The van der Waals surface area contributed by atoms with Crippen molar-refractivity contribution in [1.82, 2.24) is 20.7 Å². The van der Waals surface area contributed by atoms with E-state index in [0.29, 0.717) is 37.9 Å². The fourth-order valence-electron chi connectivity index (χ4n) is 3.84. The number of benzene rings is 1. The van der Waals surface area contributed by atoms with Gasteiger partial charge in [-0.25, -0.2) is 0 Å². The molecule has 0 atom stereocenters. The summed E-state index contributed by atoms with van der Waals surface area (Å²) in [6.45, 7) is 7.01. The largest absolute Gasteiger partial charge is 0.359 e. The molecule has 7 nitrogen and oxygen atoms in total. The van der Waals surface area contributed by atoms with E-state index in [9.17, 15) is 4.79 Å². The number of halogens is 1. The van der Waals surface area contributed by atoms with Gasteiger partial charge in [-0.15, -0.1) is 24.0 Å². The van der Waals surface area contributed by atoms with Crippen LogP contribution in [0.2, 0.25) is 0 Å². The lowest BCUT2D eigenvalue weighted by Gasteiger charge is -2.19. The molecule has 0 unspecified atom stereocenters. The molecule has 0 spiro atoms. The molecule has 1 aliphatic rings. The van der Waals surface area contributed by atoms with E-state index in [-0.39, 0.29) is 29.9 Å². The molecule has 2 aromatic rings. The number of carbonyl (C=O) groups excluding carboxylic acids is 1. The van der Waals surface area contributed by atoms with Gasteiger partial charge in [0.05, 0.1) is 12.2 Å². The van der Waals surface area contributed by atoms with E-state index in [2.05, 4.69) is 46.8 Å². The van der Waals surface area contributed by atoms with Gasteiger partial charge in [0.2, 0.25) is 5.91 Å². The molecular formula is C23H34IN5O2. The Kier molecular flexibility index (Phi) is 10.3. The number of rotatable bonds is 9. The second-order valence-electron chi connectivity index (χ2n) is 7.70. The van der Waals surface area contributed by atoms with Crippen molar-refractivity contribution in [1.29, 1.82) is 0 Å². The fourth-order valence-corrected chi connectivity index (χ4v) is 3.84. The van der Waals surface area contributed by atoms with E-state index in [4.69, 9.17) is 4.52 Å². The van der Waals surface area contributed by atoms with Crippen LogP contribution < -0.4 is 10.6 Å². The van der Waals surface area contributed by atoms with Crippen LogP contribution in [0.1, 0.15) is 68.0 Å². The van der Waals surface area contributed by atoms with Gasteiger partial charge in [-0.05, 0) is 30.4 Å². The predicted molar refractivity (Wildman–Crippen MR) is 133 cm³/mol. The first-order valence-corrected chi connectivity index (χ1v) is 10.9. The summed E-state index contributed by atoms with van der Waals surface area (Å²) in [6, 6.07) is 10.3. The maximum atomic E-state index is 12.0. The van der Waals surface area contributed by atoms with Gasteiger partial charge in [0.25, 0.3) is 0 Å². The molecule has 1 aliphatic heterocycles. The molecule has 8 heteroatoms. The number of guanidine groups is 1. The molecule has 1 aromatic heterocycles. The SMILES string of the molecule is CCC(CC)c1cc(CNC(=NC)NCc2ccccc2CN2CCCC2=O)on1.I. The van der Waals surface area contributed by atoms with E-state index < -0.39 is 0 Å². The minimum absolute atomic E-state index is 0. The number of amides is 1. The van der Waals surface area contributed by atoms with Crippen molar-refractivity contribution < 1.29 is 9.32 Å². The highest BCUT2D eigenvalue weighted by molar-refractivity contribution is 14.0. The average molecular weight is 539 g/mol. The normalized spacial score (nSPS) is 14.1. The summed E-state index contributed by atoms with van der Waals surface area (Å²) in [7, 11) is 1.75. The topological polar surface area (TPSA) is 82.8 Å². The first-order chi connectivity index (χ1) is 14.6. The van der Waals surface area contributed by atoms with Crippen LogP contribution in [-0.2, 0) is 24.4 Å². The molecule has 0 bridgehead atoms. The van der Waals surface area contributed by atoms with Crippen LogP contribution in [0, 0.1) is 0 Å². The maximum absolute atomic E-state index is 12.0. The van der Waals surface area contributed by atoms with Crippen molar-refractivity contribution in [2.24, 2.45) is 4.99 Å². The molecule has 31 heavy (non-hydrogen) atoms. The Morgan fingerprint density at radius 1 is 1.19 bits per heavy atom. The first kappa shape index (κ1) is 25.2. The molecule has 1 fully saturated rings. The highest BCUT2D eigenvalue weighted by Gasteiger charge is 2.21. The van der Waals surface area contributed by atoms with Crippen LogP contribution in [0.25, 0.3) is 0 Å². The van der Waals surface area contributed by atoms with Crippen molar-refractivity contribution in [2.45, 2.75) is 65.1 Å². The first-order valence-electron chi connectivity index (χ1n) is 10.9. The molecule has 1 saturated heterocycles. The number of hydrogen-bond donors (Lipinski definition) is 2. The summed E-state index contributed by atoms with van der Waals surface area (Å²) in [5.74, 6) is 2.18. The maximum Gasteiger partial charge on any atom is 0.222 e. The molecule has 1 amide bonds. The number of aromatic nitrogens is 1. The monoisotopic (exact) mass is 539 g/mol. The van der Waals surface area contributed by atoms with Gasteiger partial charge in [-0.1, -0.05) is 43.3 Å². The summed E-state index contributed by atoms with van der Waals surface area (Å²) >= 11 is 0. The van der Waals surface area contributed by atoms with Gasteiger partial charge in [0.1, 0.15) is 0 Å². The zero-order valence-electron chi connectivity index (χ0n) is 18.7. The van der Waals surface area contributed by atoms with E-state index >= 15 is 0 Å². The lowest BCUT2D eigenvalue weighted by Crippen LogP contribution is -2.36. The standard InChI is InChI=1S/C23H33N5O2.HI/c1-4-17(5-2)21-13-20(30-27-21)15-26-23(24-3)25-14-18-9-6-7-10-19(18)16-28-12-8-11-22(28)29;/h6-7,9-10,13,17H,4-5,8,11-12,14-16H2,1-3H3,(H2,24,25,26);1H. The molecule has 0 aliphatic carbocycles. The molecule has 0 radical (unpaired) electrons. The third-order valence-corrected chi connectivity index (χ3v) is 5.73. The lowest BCUT2D eigenvalue weighted by atomic mass is 9.99. The quantitative estimate of drug-likeness (QED) is 0.284. The molecular weight excluding hydrogens is 505 g/mol. The van der Waals surface area contributed by atoms with Crippen molar-refractivity contribution in [3.05, 3.63) is 52.9 Å². The molecule has 2 heterocycles. The zero-order chi connectivity index (χ0) is 21.3. The number of likely N-dealkylation sites (tertiary alicyclic amines) is 1. The van der Waals surface area contributed by atoms with E-state index in [1.807, 2.05) is 23.1 Å². The van der Waals surface area contributed by atoms with Gasteiger partial charge in [0.15, 0.2) is 11.7 Å². The Morgan fingerprint density at radius 3 is 2.55 bits per heavy atom. The van der Waals surface area contributed by atoms with Crippen molar-refractivity contribution in [2.75, 3.05) is 13.6 Å². The van der Waals surface area contributed by atoms with Crippen molar-refractivity contribution in [3.63, 3.8) is 0 Å². The summed E-state index contributed by atoms with van der Waals surface area (Å²) in [6.07, 6.45) is 3.73. The minimum atomic E-state index is 0. The predicted octanol–water partition coefficient (Wildman–Crippen LogP) is 4.18. The molecule has 2 N–H and O–H groups in total. The van der Waals surface area contributed by atoms with Crippen LogP contribution in [0.15, 0.2) is 39.8 Å². The Balaban J connectivity index is 0.00000341. The third-order valence-electron chi connectivity index (χ3n) is 5.73. The van der Waals surface area contributed by atoms with Gasteiger partial charge in [-0.3, -0.25) is 9.79 Å². The highest BCUT2D eigenvalue weighted by atomic mass is 127. The van der Waals surface area contributed by atoms with Crippen LogP contribution in [0.4, 0.5) is 0 Å². The smallest absolute Gasteiger partial charge is 0.222 e. The number of carbonyl (C=O) groups is 1.